The van der Waals surface area contributed by atoms with Gasteiger partial charge in [-0.15, -0.1) is 0 Å². The molecule has 0 aliphatic heterocycles. The number of amides is 1. The number of hydrogen-bond acceptors (Lipinski definition) is 4. The fraction of sp³-hybridized carbons (Fsp3) is 0.375. The summed E-state index contributed by atoms with van der Waals surface area (Å²) in [6.45, 7) is 6.54. The second-order valence-electron chi connectivity index (χ2n) is 5.40. The van der Waals surface area contributed by atoms with Gasteiger partial charge in [-0.3, -0.25) is 4.79 Å². The topological polar surface area (TPSA) is 67.2 Å². The lowest BCUT2D eigenvalue weighted by Gasteiger charge is -2.23. The normalized spacial score (nSPS) is 12.2. The molecule has 1 heterocycles. The van der Waals surface area contributed by atoms with Crippen molar-refractivity contribution in [3.05, 3.63) is 47.9 Å². The van der Waals surface area contributed by atoms with Gasteiger partial charge in [0.25, 0.3) is 5.91 Å². The van der Waals surface area contributed by atoms with E-state index in [0.29, 0.717) is 18.2 Å². The monoisotopic (exact) mass is 287 g/mol. The van der Waals surface area contributed by atoms with Gasteiger partial charge in [-0.2, -0.15) is 0 Å². The molecule has 2 aromatic rings. The number of nitrogens with one attached hydrogen (secondary N) is 2. The Hall–Kier alpha value is -2.30. The summed E-state index contributed by atoms with van der Waals surface area (Å²) in [4.78, 5) is 12.0. The van der Waals surface area contributed by atoms with Crippen LogP contribution in [0.1, 0.15) is 30.1 Å². The maximum Gasteiger partial charge on any atom is 0.289 e. The Labute approximate surface area is 124 Å². The molecule has 0 bridgehead atoms. The molecule has 0 saturated heterocycles. The van der Waals surface area contributed by atoms with E-state index in [1.54, 1.807) is 13.0 Å². The van der Waals surface area contributed by atoms with Crippen LogP contribution < -0.4 is 10.6 Å². The molecule has 2 rings (SSSR count). The third-order valence-corrected chi connectivity index (χ3v) is 3.26. The summed E-state index contributed by atoms with van der Waals surface area (Å²) >= 11 is 0. The Morgan fingerprint density at radius 3 is 2.57 bits per heavy atom. The van der Waals surface area contributed by atoms with Gasteiger partial charge in [0.2, 0.25) is 5.76 Å². The quantitative estimate of drug-likeness (QED) is 0.857. The Morgan fingerprint density at radius 2 is 2.00 bits per heavy atom. The van der Waals surface area contributed by atoms with Gasteiger partial charge in [0.15, 0.2) is 0 Å². The van der Waals surface area contributed by atoms with E-state index in [-0.39, 0.29) is 17.7 Å². The number of para-hydroxylation sites is 1. The Bertz CT molecular complexity index is 578. The molecule has 5 nitrogen and oxygen atoms in total. The predicted octanol–water partition coefficient (Wildman–Crippen LogP) is 2.85. The average Bonchev–Trinajstić information content (AvgIpc) is 2.90. The first-order chi connectivity index (χ1) is 10.1. The molecule has 5 heteroatoms. The standard InChI is InChI=1S/C16H21N3O2/c1-11(2)14(18-13-7-5-4-6-8-13)10-17-16(20)15-9-12(3)19-21-15/h4-9,11,14,18H,10H2,1-3H3,(H,17,20). The molecule has 2 N–H and O–H groups in total. The highest BCUT2D eigenvalue weighted by molar-refractivity contribution is 5.91. The first-order valence-electron chi connectivity index (χ1n) is 7.09. The molecular formula is C16H21N3O2. The minimum absolute atomic E-state index is 0.139. The number of anilines is 1. The molecule has 1 aromatic carbocycles. The zero-order chi connectivity index (χ0) is 15.2. The fourth-order valence-electron chi connectivity index (χ4n) is 1.96. The minimum Gasteiger partial charge on any atom is -0.380 e. The second kappa shape index (κ2) is 6.92. The maximum atomic E-state index is 12.0. The third kappa shape index (κ3) is 4.34. The van der Waals surface area contributed by atoms with Crippen LogP contribution in [0.4, 0.5) is 5.69 Å². The van der Waals surface area contributed by atoms with Crippen molar-refractivity contribution in [2.24, 2.45) is 5.92 Å². The van der Waals surface area contributed by atoms with Crippen LogP contribution >= 0.6 is 0 Å². The van der Waals surface area contributed by atoms with Gasteiger partial charge >= 0.3 is 0 Å². The third-order valence-electron chi connectivity index (χ3n) is 3.26. The number of benzene rings is 1. The number of carbonyl (C=O) groups excluding carboxylic acids is 1. The summed E-state index contributed by atoms with van der Waals surface area (Å²) in [5.74, 6) is 0.382. The van der Waals surface area contributed by atoms with Gasteiger partial charge in [0.05, 0.1) is 5.69 Å². The van der Waals surface area contributed by atoms with E-state index >= 15 is 0 Å². The fourth-order valence-corrected chi connectivity index (χ4v) is 1.96. The molecule has 1 aromatic heterocycles. The van der Waals surface area contributed by atoms with E-state index in [4.69, 9.17) is 4.52 Å². The van der Waals surface area contributed by atoms with Crippen molar-refractivity contribution in [3.63, 3.8) is 0 Å². The first kappa shape index (κ1) is 15.1. The lowest BCUT2D eigenvalue weighted by Crippen LogP contribution is -2.39. The highest BCUT2D eigenvalue weighted by Crippen LogP contribution is 2.12. The zero-order valence-electron chi connectivity index (χ0n) is 12.6. The van der Waals surface area contributed by atoms with Crippen molar-refractivity contribution < 1.29 is 9.32 Å². The van der Waals surface area contributed by atoms with Crippen molar-refractivity contribution in [2.45, 2.75) is 26.8 Å². The molecular weight excluding hydrogens is 266 g/mol. The van der Waals surface area contributed by atoms with Crippen LogP contribution in [0.2, 0.25) is 0 Å². The number of aryl methyl sites for hydroxylation is 1. The Morgan fingerprint density at radius 1 is 1.29 bits per heavy atom. The highest BCUT2D eigenvalue weighted by atomic mass is 16.5. The van der Waals surface area contributed by atoms with E-state index in [2.05, 4.69) is 29.6 Å². The van der Waals surface area contributed by atoms with E-state index in [9.17, 15) is 4.79 Å². The van der Waals surface area contributed by atoms with Gasteiger partial charge in [-0.1, -0.05) is 37.2 Å². The van der Waals surface area contributed by atoms with Crippen LogP contribution in [-0.2, 0) is 0 Å². The molecule has 1 amide bonds. The van der Waals surface area contributed by atoms with Crippen LogP contribution in [-0.4, -0.2) is 23.7 Å². The smallest absolute Gasteiger partial charge is 0.289 e. The molecule has 0 radical (unpaired) electrons. The Balaban J connectivity index is 1.93. The van der Waals surface area contributed by atoms with Crippen LogP contribution in [0.25, 0.3) is 0 Å². The largest absolute Gasteiger partial charge is 0.380 e. The lowest BCUT2D eigenvalue weighted by molar-refractivity contribution is 0.0913. The van der Waals surface area contributed by atoms with E-state index in [0.717, 1.165) is 5.69 Å². The van der Waals surface area contributed by atoms with Gasteiger partial charge in [-0.05, 0) is 25.0 Å². The highest BCUT2D eigenvalue weighted by Gasteiger charge is 2.17. The predicted molar refractivity (Wildman–Crippen MR) is 82.3 cm³/mol. The molecule has 0 saturated carbocycles. The van der Waals surface area contributed by atoms with Gasteiger partial charge in [0.1, 0.15) is 0 Å². The number of aromatic nitrogens is 1. The zero-order valence-corrected chi connectivity index (χ0v) is 12.6. The van der Waals surface area contributed by atoms with E-state index in [1.165, 1.54) is 0 Å². The molecule has 0 spiro atoms. The molecule has 1 unspecified atom stereocenters. The Kier molecular flexibility index (Phi) is 4.98. The van der Waals surface area contributed by atoms with Crippen molar-refractivity contribution in [1.82, 2.24) is 10.5 Å². The van der Waals surface area contributed by atoms with E-state index in [1.807, 2.05) is 30.3 Å². The number of hydrogen-bond donors (Lipinski definition) is 2. The van der Waals surface area contributed by atoms with Gasteiger partial charge in [0, 0.05) is 24.3 Å². The average molecular weight is 287 g/mol. The SMILES string of the molecule is Cc1cc(C(=O)NCC(Nc2ccccc2)C(C)C)on1. The van der Waals surface area contributed by atoms with E-state index < -0.39 is 0 Å². The summed E-state index contributed by atoms with van der Waals surface area (Å²) in [5, 5.41) is 10.0. The number of nitrogens with zero attached hydrogens (tertiary/aromatic N) is 1. The molecule has 0 aliphatic rings. The number of rotatable bonds is 6. The number of carbonyl (C=O) groups is 1. The summed E-state index contributed by atoms with van der Waals surface area (Å²) < 4.78 is 4.95. The molecule has 112 valence electrons. The lowest BCUT2D eigenvalue weighted by atomic mass is 10.0. The summed E-state index contributed by atoms with van der Waals surface area (Å²) in [7, 11) is 0. The second-order valence-corrected chi connectivity index (χ2v) is 5.40. The van der Waals surface area contributed by atoms with Crippen molar-refractivity contribution in [2.75, 3.05) is 11.9 Å². The van der Waals surface area contributed by atoms with Crippen LogP contribution in [0.15, 0.2) is 40.9 Å². The molecule has 0 aliphatic carbocycles. The maximum absolute atomic E-state index is 12.0. The van der Waals surface area contributed by atoms with Crippen LogP contribution in [0, 0.1) is 12.8 Å². The first-order valence-corrected chi connectivity index (χ1v) is 7.09. The summed E-state index contributed by atoms with van der Waals surface area (Å²) in [5.41, 5.74) is 1.74. The van der Waals surface area contributed by atoms with Crippen LogP contribution in [0.3, 0.4) is 0 Å². The molecule has 1 atom stereocenters. The van der Waals surface area contributed by atoms with Gasteiger partial charge < -0.3 is 15.2 Å². The van der Waals surface area contributed by atoms with Gasteiger partial charge in [-0.25, -0.2) is 0 Å². The van der Waals surface area contributed by atoms with Crippen LogP contribution in [0.5, 0.6) is 0 Å². The van der Waals surface area contributed by atoms with Crippen molar-refractivity contribution in [3.8, 4) is 0 Å². The summed E-state index contributed by atoms with van der Waals surface area (Å²) in [6.07, 6.45) is 0. The minimum atomic E-state index is -0.240. The summed E-state index contributed by atoms with van der Waals surface area (Å²) in [6, 6.07) is 11.7. The molecule has 0 fully saturated rings. The van der Waals surface area contributed by atoms with Crippen molar-refractivity contribution in [1.29, 1.82) is 0 Å². The molecule has 21 heavy (non-hydrogen) atoms. The van der Waals surface area contributed by atoms with Crippen molar-refractivity contribution >= 4 is 11.6 Å².